The Hall–Kier alpha value is -4.57. The molecule has 5 rings (SSSR count). The molecular formula is C32H31N3O6S. The van der Waals surface area contributed by atoms with E-state index in [-0.39, 0.29) is 17.9 Å². The summed E-state index contributed by atoms with van der Waals surface area (Å²) in [7, 11) is 0. The molecule has 1 atom stereocenters. The van der Waals surface area contributed by atoms with E-state index < -0.39 is 16.9 Å². The fourth-order valence-electron chi connectivity index (χ4n) is 5.05. The Bertz CT molecular complexity index is 1860. The summed E-state index contributed by atoms with van der Waals surface area (Å²) in [6, 6.07) is 16.9. The van der Waals surface area contributed by atoms with Crippen molar-refractivity contribution in [2.24, 2.45) is 4.99 Å². The van der Waals surface area contributed by atoms with E-state index in [9.17, 15) is 19.7 Å². The van der Waals surface area contributed by atoms with Crippen LogP contribution in [0.2, 0.25) is 0 Å². The van der Waals surface area contributed by atoms with Crippen LogP contribution in [0.25, 0.3) is 17.4 Å². The van der Waals surface area contributed by atoms with E-state index >= 15 is 0 Å². The van der Waals surface area contributed by atoms with E-state index in [1.807, 2.05) is 31.2 Å². The van der Waals surface area contributed by atoms with E-state index in [0.717, 1.165) is 17.5 Å². The molecule has 0 saturated heterocycles. The summed E-state index contributed by atoms with van der Waals surface area (Å²) in [5, 5.41) is 11.5. The molecule has 216 valence electrons. The molecule has 1 aliphatic heterocycles. The van der Waals surface area contributed by atoms with Crippen molar-refractivity contribution in [2.45, 2.75) is 52.5 Å². The van der Waals surface area contributed by atoms with E-state index in [4.69, 9.17) is 14.1 Å². The lowest BCUT2D eigenvalue weighted by molar-refractivity contribution is -0.384. The topological polar surface area (TPSA) is 117 Å². The number of thiazole rings is 1. The predicted molar refractivity (Wildman–Crippen MR) is 161 cm³/mol. The molecule has 0 fully saturated rings. The number of benzene rings is 2. The molecule has 0 bridgehead atoms. The smallest absolute Gasteiger partial charge is 0.338 e. The molecule has 0 aliphatic carbocycles. The van der Waals surface area contributed by atoms with Gasteiger partial charge in [0.05, 0.1) is 38.9 Å². The number of hydrogen-bond donors (Lipinski definition) is 0. The summed E-state index contributed by atoms with van der Waals surface area (Å²) in [6.07, 6.45) is 2.92. The number of furan rings is 1. The van der Waals surface area contributed by atoms with Crippen molar-refractivity contribution in [3.8, 4) is 11.3 Å². The van der Waals surface area contributed by atoms with Gasteiger partial charge >= 0.3 is 5.97 Å². The van der Waals surface area contributed by atoms with Crippen LogP contribution >= 0.6 is 11.3 Å². The van der Waals surface area contributed by atoms with Crippen molar-refractivity contribution in [3.05, 3.63) is 119 Å². The molecule has 0 saturated carbocycles. The maximum Gasteiger partial charge on any atom is 0.338 e. The fourth-order valence-corrected chi connectivity index (χ4v) is 6.05. The number of carbonyl (C=O) groups is 1. The second kappa shape index (κ2) is 12.1. The first-order valence-corrected chi connectivity index (χ1v) is 14.7. The lowest BCUT2D eigenvalue weighted by atomic mass is 9.92. The number of allylic oxidation sites excluding steroid dienone is 1. The second-order valence-electron chi connectivity index (χ2n) is 10.2. The van der Waals surface area contributed by atoms with Gasteiger partial charge in [0.25, 0.3) is 11.2 Å². The van der Waals surface area contributed by atoms with E-state index in [1.54, 1.807) is 47.9 Å². The average Bonchev–Trinajstić information content (AvgIpc) is 3.56. The van der Waals surface area contributed by atoms with Crippen LogP contribution in [0.5, 0.6) is 0 Å². The van der Waals surface area contributed by atoms with Crippen molar-refractivity contribution >= 4 is 29.1 Å². The molecular weight excluding hydrogens is 554 g/mol. The fraction of sp³-hybridized carbons (Fsp3) is 0.281. The number of ether oxygens (including phenoxy) is 1. The normalized spacial score (nSPS) is 15.1. The molecule has 2 aromatic heterocycles. The highest BCUT2D eigenvalue weighted by Crippen LogP contribution is 2.34. The van der Waals surface area contributed by atoms with Gasteiger partial charge < -0.3 is 9.15 Å². The number of nitrogens with zero attached hydrogens (tertiary/aromatic N) is 3. The van der Waals surface area contributed by atoms with Crippen molar-refractivity contribution in [1.29, 1.82) is 0 Å². The van der Waals surface area contributed by atoms with Gasteiger partial charge in [0.1, 0.15) is 11.5 Å². The predicted octanol–water partition coefficient (Wildman–Crippen LogP) is 5.87. The highest BCUT2D eigenvalue weighted by Gasteiger charge is 2.34. The first kappa shape index (κ1) is 28.9. The van der Waals surface area contributed by atoms with Gasteiger partial charge in [-0.25, -0.2) is 9.79 Å². The molecule has 2 aromatic carbocycles. The minimum absolute atomic E-state index is 0.0730. The van der Waals surface area contributed by atoms with Gasteiger partial charge in [-0.3, -0.25) is 19.5 Å². The summed E-state index contributed by atoms with van der Waals surface area (Å²) >= 11 is 1.21. The van der Waals surface area contributed by atoms with Crippen molar-refractivity contribution in [1.82, 2.24) is 4.57 Å². The molecule has 3 heterocycles. The molecule has 0 amide bonds. The third kappa shape index (κ3) is 5.49. The monoisotopic (exact) mass is 585 g/mol. The summed E-state index contributed by atoms with van der Waals surface area (Å²) in [4.78, 5) is 43.6. The van der Waals surface area contributed by atoms with Crippen LogP contribution in [0.4, 0.5) is 5.69 Å². The van der Waals surface area contributed by atoms with Crippen LogP contribution in [0.3, 0.4) is 0 Å². The SMILES string of the molecule is CCCC1=C(C(=O)OCC)[C@@H](c2ccc(C(C)C)cc2)n2c(s/c(=C\c3ccc(-c4ccccc4[N+](=O)[O-])o3)c2=O)=N1. The van der Waals surface area contributed by atoms with Gasteiger partial charge in [0.15, 0.2) is 4.80 Å². The first-order chi connectivity index (χ1) is 20.2. The molecule has 10 heteroatoms. The number of aromatic nitrogens is 1. The average molecular weight is 586 g/mol. The molecule has 0 radical (unpaired) electrons. The summed E-state index contributed by atoms with van der Waals surface area (Å²) in [5.74, 6) is 0.522. The Morgan fingerprint density at radius 3 is 2.55 bits per heavy atom. The Labute approximate surface area is 246 Å². The third-order valence-corrected chi connectivity index (χ3v) is 8.06. The second-order valence-corrected chi connectivity index (χ2v) is 11.2. The molecule has 1 aliphatic rings. The maximum absolute atomic E-state index is 14.0. The third-order valence-electron chi connectivity index (χ3n) is 7.08. The van der Waals surface area contributed by atoms with Crippen LogP contribution < -0.4 is 14.9 Å². The van der Waals surface area contributed by atoms with Crippen LogP contribution in [-0.2, 0) is 9.53 Å². The molecule has 0 unspecified atom stereocenters. The van der Waals surface area contributed by atoms with E-state index in [1.165, 1.54) is 17.4 Å². The van der Waals surface area contributed by atoms with Crippen LogP contribution in [0, 0.1) is 10.1 Å². The van der Waals surface area contributed by atoms with Crippen molar-refractivity contribution < 1.29 is 18.9 Å². The van der Waals surface area contributed by atoms with Crippen LogP contribution in [0.1, 0.15) is 69.4 Å². The molecule has 4 aromatic rings. The molecule has 42 heavy (non-hydrogen) atoms. The lowest BCUT2D eigenvalue weighted by Crippen LogP contribution is -2.40. The number of esters is 1. The number of hydrogen-bond acceptors (Lipinski definition) is 8. The zero-order valence-corrected chi connectivity index (χ0v) is 24.6. The van der Waals surface area contributed by atoms with Crippen molar-refractivity contribution in [2.75, 3.05) is 6.61 Å². The number of nitro groups is 1. The number of fused-ring (bicyclic) bond motifs is 1. The minimum atomic E-state index is -0.704. The number of para-hydroxylation sites is 1. The van der Waals surface area contributed by atoms with Gasteiger partial charge in [0.2, 0.25) is 0 Å². The number of rotatable bonds is 9. The highest BCUT2D eigenvalue weighted by molar-refractivity contribution is 7.07. The van der Waals surface area contributed by atoms with Crippen LogP contribution in [0.15, 0.2) is 86.1 Å². The summed E-state index contributed by atoms with van der Waals surface area (Å²) < 4.78 is 13.3. The first-order valence-electron chi connectivity index (χ1n) is 13.9. The molecule has 0 N–H and O–H groups in total. The number of carbonyl (C=O) groups excluding carboxylic acids is 1. The zero-order valence-electron chi connectivity index (χ0n) is 23.8. The van der Waals surface area contributed by atoms with E-state index in [0.29, 0.717) is 50.0 Å². The van der Waals surface area contributed by atoms with Crippen LogP contribution in [-0.4, -0.2) is 22.1 Å². The quantitative estimate of drug-likeness (QED) is 0.138. The maximum atomic E-state index is 14.0. The highest BCUT2D eigenvalue weighted by atomic mass is 32.1. The zero-order chi connectivity index (χ0) is 30.0. The largest absolute Gasteiger partial charge is 0.463 e. The minimum Gasteiger partial charge on any atom is -0.463 e. The lowest BCUT2D eigenvalue weighted by Gasteiger charge is -2.26. The Morgan fingerprint density at radius 2 is 1.88 bits per heavy atom. The van der Waals surface area contributed by atoms with Crippen molar-refractivity contribution in [3.63, 3.8) is 0 Å². The van der Waals surface area contributed by atoms with Gasteiger partial charge in [-0.15, -0.1) is 0 Å². The number of nitro benzene ring substituents is 1. The Balaban J connectivity index is 1.67. The molecule has 0 spiro atoms. The summed E-state index contributed by atoms with van der Waals surface area (Å²) in [6.45, 7) is 8.18. The summed E-state index contributed by atoms with van der Waals surface area (Å²) in [5.41, 5.74) is 2.86. The standard InChI is InChI=1S/C32H31N3O6S/c1-5-9-24-28(31(37)40-6-2)29(21-14-12-20(13-15-21)19(3)4)34-30(36)27(42-32(34)33-24)18-22-16-17-26(41-22)23-10-7-8-11-25(23)35(38)39/h7-8,10-19,29H,5-6,9H2,1-4H3/b27-18-/t29-/m1/s1. The Morgan fingerprint density at radius 1 is 1.14 bits per heavy atom. The Kier molecular flexibility index (Phi) is 8.35. The van der Waals surface area contributed by atoms with Gasteiger partial charge in [-0.1, -0.05) is 74.9 Å². The van der Waals surface area contributed by atoms with Gasteiger partial charge in [-0.05, 0) is 48.6 Å². The van der Waals surface area contributed by atoms with E-state index in [2.05, 4.69) is 13.8 Å². The molecule has 9 nitrogen and oxygen atoms in total. The van der Waals surface area contributed by atoms with Gasteiger partial charge in [-0.2, -0.15) is 0 Å². The van der Waals surface area contributed by atoms with Gasteiger partial charge in [0, 0.05) is 12.1 Å².